The second-order valence-corrected chi connectivity index (χ2v) is 7.34. The van der Waals surface area contributed by atoms with E-state index in [-0.39, 0.29) is 20.8 Å². The van der Waals surface area contributed by atoms with Crippen molar-refractivity contribution in [3.8, 4) is 0 Å². The van der Waals surface area contributed by atoms with Crippen LogP contribution >= 0.6 is 35.0 Å². The van der Waals surface area contributed by atoms with Crippen LogP contribution in [0.15, 0.2) is 64.8 Å². The van der Waals surface area contributed by atoms with Crippen LogP contribution in [-0.2, 0) is 6.18 Å². The van der Waals surface area contributed by atoms with Gasteiger partial charge in [-0.3, -0.25) is 9.78 Å². The minimum Gasteiger partial charge on any atom is -0.322 e. The Hall–Kier alpha value is -2.29. The third-order valence-corrected chi connectivity index (χ3v) is 4.89. The van der Waals surface area contributed by atoms with E-state index in [0.29, 0.717) is 10.6 Å². The molecule has 4 nitrogen and oxygen atoms in total. The van der Waals surface area contributed by atoms with E-state index in [0.717, 1.165) is 23.9 Å². The molecule has 0 saturated carbocycles. The van der Waals surface area contributed by atoms with Crippen LogP contribution in [0.3, 0.4) is 0 Å². The van der Waals surface area contributed by atoms with Crippen LogP contribution < -0.4 is 5.32 Å². The van der Waals surface area contributed by atoms with E-state index in [9.17, 15) is 18.0 Å². The van der Waals surface area contributed by atoms with Gasteiger partial charge in [0.2, 0.25) is 0 Å². The maximum atomic E-state index is 12.9. The molecular weight excluding hydrogens is 434 g/mol. The molecule has 3 aromatic rings. The number of hydrogen-bond acceptors (Lipinski definition) is 4. The fourth-order valence-electron chi connectivity index (χ4n) is 2.16. The summed E-state index contributed by atoms with van der Waals surface area (Å²) in [6.07, 6.45) is -1.69. The number of nitrogens with zero attached hydrogens (tertiary/aromatic N) is 2. The topological polar surface area (TPSA) is 54.9 Å². The highest BCUT2D eigenvalue weighted by molar-refractivity contribution is 7.99. The van der Waals surface area contributed by atoms with E-state index in [2.05, 4.69) is 15.3 Å². The summed E-state index contributed by atoms with van der Waals surface area (Å²) in [5.41, 5.74) is -0.151. The summed E-state index contributed by atoms with van der Waals surface area (Å²) in [5.74, 6) is -0.426. The largest absolute Gasteiger partial charge is 0.416 e. The quantitative estimate of drug-likeness (QED) is 0.487. The summed E-state index contributed by atoms with van der Waals surface area (Å²) in [6.45, 7) is 0. The van der Waals surface area contributed by atoms with Crippen LogP contribution in [0.4, 0.5) is 18.9 Å². The van der Waals surface area contributed by atoms with E-state index in [1.165, 1.54) is 18.5 Å². The van der Waals surface area contributed by atoms with E-state index in [4.69, 9.17) is 23.2 Å². The predicted molar refractivity (Wildman–Crippen MR) is 102 cm³/mol. The van der Waals surface area contributed by atoms with Crippen LogP contribution in [0.1, 0.15) is 15.9 Å². The van der Waals surface area contributed by atoms with Crippen LogP contribution in [0, 0.1) is 0 Å². The lowest BCUT2D eigenvalue weighted by Gasteiger charge is -2.10. The maximum absolute atomic E-state index is 12.9. The van der Waals surface area contributed by atoms with Gasteiger partial charge in [-0.1, -0.05) is 35.0 Å². The van der Waals surface area contributed by atoms with Crippen molar-refractivity contribution in [2.24, 2.45) is 0 Å². The summed E-state index contributed by atoms with van der Waals surface area (Å²) < 4.78 is 38.6. The molecule has 0 bridgehead atoms. The first-order valence-corrected chi connectivity index (χ1v) is 9.23. The molecular formula is C18H10Cl2F3N3OS. The van der Waals surface area contributed by atoms with Crippen LogP contribution in [0.2, 0.25) is 10.2 Å². The molecule has 0 aliphatic carbocycles. The number of aromatic nitrogens is 2. The van der Waals surface area contributed by atoms with Crippen LogP contribution in [-0.4, -0.2) is 15.9 Å². The number of rotatable bonds is 4. The molecule has 0 fully saturated rings. The first-order chi connectivity index (χ1) is 13.2. The van der Waals surface area contributed by atoms with Gasteiger partial charge in [-0.05, 0) is 42.5 Å². The first kappa shape index (κ1) is 20.4. The van der Waals surface area contributed by atoms with Gasteiger partial charge in [-0.25, -0.2) is 4.98 Å². The second kappa shape index (κ2) is 8.38. The number of anilines is 1. The number of alkyl halides is 3. The molecule has 0 atom stereocenters. The van der Waals surface area contributed by atoms with Crippen molar-refractivity contribution in [2.75, 3.05) is 5.32 Å². The van der Waals surface area contributed by atoms with Crippen LogP contribution in [0.25, 0.3) is 0 Å². The summed E-state index contributed by atoms with van der Waals surface area (Å²) in [7, 11) is 0. The number of pyridine rings is 2. The fourth-order valence-corrected chi connectivity index (χ4v) is 3.45. The Morgan fingerprint density at radius 1 is 1.07 bits per heavy atom. The van der Waals surface area contributed by atoms with E-state index in [1.54, 1.807) is 24.3 Å². The Bertz CT molecular complexity index is 1010. The summed E-state index contributed by atoms with van der Waals surface area (Å²) in [4.78, 5) is 20.6. The molecule has 1 aromatic carbocycles. The molecule has 3 rings (SSSR count). The molecule has 28 heavy (non-hydrogen) atoms. The molecule has 2 heterocycles. The molecule has 0 unspecified atom stereocenters. The lowest BCUT2D eigenvalue weighted by atomic mass is 10.2. The third-order valence-electron chi connectivity index (χ3n) is 3.45. The summed E-state index contributed by atoms with van der Waals surface area (Å²) in [5, 5.41) is 2.81. The second-order valence-electron chi connectivity index (χ2n) is 5.45. The average molecular weight is 444 g/mol. The highest BCUT2D eigenvalue weighted by Crippen LogP contribution is 2.35. The molecule has 10 heteroatoms. The van der Waals surface area contributed by atoms with Crippen molar-refractivity contribution in [3.05, 3.63) is 76.2 Å². The smallest absolute Gasteiger partial charge is 0.322 e. The van der Waals surface area contributed by atoms with E-state index < -0.39 is 17.6 Å². The molecule has 0 aliphatic heterocycles. The zero-order valence-corrected chi connectivity index (χ0v) is 16.1. The lowest BCUT2D eigenvalue weighted by Crippen LogP contribution is -2.12. The monoisotopic (exact) mass is 443 g/mol. The van der Waals surface area contributed by atoms with Crippen molar-refractivity contribution in [2.45, 2.75) is 16.1 Å². The minimum absolute atomic E-state index is 0.110. The van der Waals surface area contributed by atoms with Crippen molar-refractivity contribution >= 4 is 46.6 Å². The number of nitrogens with one attached hydrogen (secondary N) is 1. The van der Waals surface area contributed by atoms with Crippen molar-refractivity contribution < 1.29 is 18.0 Å². The van der Waals surface area contributed by atoms with Crippen LogP contribution in [0.5, 0.6) is 0 Å². The SMILES string of the molecule is O=C(Nc1ccc(Sc2cc(C(F)(F)F)cc(Cl)n2)cc1)c1cnccc1Cl. The Morgan fingerprint density at radius 2 is 1.79 bits per heavy atom. The van der Waals surface area contributed by atoms with Crippen molar-refractivity contribution in [1.29, 1.82) is 0 Å². The number of carbonyl (C=O) groups excluding carboxylic acids is 1. The Labute approximate surface area is 172 Å². The molecule has 1 N–H and O–H groups in total. The number of amides is 1. The fraction of sp³-hybridized carbons (Fsp3) is 0.0556. The van der Waals surface area contributed by atoms with Gasteiger partial charge in [0.15, 0.2) is 0 Å². The third kappa shape index (κ3) is 5.15. The van der Waals surface area contributed by atoms with Gasteiger partial charge < -0.3 is 5.32 Å². The predicted octanol–water partition coefficient (Wildman–Crippen LogP) is 6.21. The summed E-state index contributed by atoms with van der Waals surface area (Å²) in [6, 6.07) is 9.70. The lowest BCUT2D eigenvalue weighted by molar-refractivity contribution is -0.137. The number of halogens is 5. The molecule has 1 amide bonds. The minimum atomic E-state index is -4.51. The molecule has 144 valence electrons. The van der Waals surface area contributed by atoms with Gasteiger partial charge in [-0.15, -0.1) is 0 Å². The van der Waals surface area contributed by atoms with Gasteiger partial charge in [-0.2, -0.15) is 13.2 Å². The molecule has 0 spiro atoms. The zero-order chi connectivity index (χ0) is 20.3. The van der Waals surface area contributed by atoms with Gasteiger partial charge >= 0.3 is 6.18 Å². The van der Waals surface area contributed by atoms with Gasteiger partial charge in [0.1, 0.15) is 10.2 Å². The highest BCUT2D eigenvalue weighted by Gasteiger charge is 2.31. The van der Waals surface area contributed by atoms with Gasteiger partial charge in [0.05, 0.1) is 16.1 Å². The van der Waals surface area contributed by atoms with E-state index >= 15 is 0 Å². The molecule has 0 saturated heterocycles. The number of carbonyl (C=O) groups is 1. The van der Waals surface area contributed by atoms with E-state index in [1.807, 2.05) is 0 Å². The average Bonchev–Trinajstić information content (AvgIpc) is 2.62. The number of benzene rings is 1. The van der Waals surface area contributed by atoms with Gasteiger partial charge in [0, 0.05) is 23.0 Å². The van der Waals surface area contributed by atoms with Crippen molar-refractivity contribution in [1.82, 2.24) is 9.97 Å². The molecule has 0 aliphatic rings. The molecule has 2 aromatic heterocycles. The number of hydrogen-bond donors (Lipinski definition) is 1. The zero-order valence-electron chi connectivity index (χ0n) is 13.8. The highest BCUT2D eigenvalue weighted by atomic mass is 35.5. The Morgan fingerprint density at radius 3 is 2.43 bits per heavy atom. The maximum Gasteiger partial charge on any atom is 0.416 e. The normalized spacial score (nSPS) is 11.3. The first-order valence-electron chi connectivity index (χ1n) is 7.66. The van der Waals surface area contributed by atoms with Gasteiger partial charge in [0.25, 0.3) is 5.91 Å². The molecule has 0 radical (unpaired) electrons. The van der Waals surface area contributed by atoms with Crippen molar-refractivity contribution in [3.63, 3.8) is 0 Å². The Kier molecular flexibility index (Phi) is 6.12. The Balaban J connectivity index is 1.72. The summed E-state index contributed by atoms with van der Waals surface area (Å²) >= 11 is 12.7. The standard InChI is InChI=1S/C18H10Cl2F3N3OS/c19-14-5-6-24-9-13(14)17(27)25-11-1-3-12(4-2-11)28-16-8-10(18(21,22)23)7-15(20)26-16/h1-9H,(H,25,27).